The van der Waals surface area contributed by atoms with Gasteiger partial charge in [0.1, 0.15) is 0 Å². The third-order valence-electron chi connectivity index (χ3n) is 3.91. The fourth-order valence-corrected chi connectivity index (χ4v) is 2.76. The summed E-state index contributed by atoms with van der Waals surface area (Å²) in [6.07, 6.45) is 9.24. The first-order valence-electron chi connectivity index (χ1n) is 6.21. The van der Waals surface area contributed by atoms with E-state index in [-0.39, 0.29) is 5.60 Å². The molecule has 2 nitrogen and oxygen atoms in total. The fourth-order valence-electron chi connectivity index (χ4n) is 2.76. The van der Waals surface area contributed by atoms with E-state index in [1.54, 1.807) is 0 Å². The van der Waals surface area contributed by atoms with Crippen molar-refractivity contribution in [2.45, 2.75) is 57.5 Å². The van der Waals surface area contributed by atoms with E-state index in [1.807, 2.05) is 0 Å². The topological polar surface area (TPSA) is 12.5 Å². The Morgan fingerprint density at radius 3 is 2.29 bits per heavy atom. The van der Waals surface area contributed by atoms with E-state index >= 15 is 0 Å². The van der Waals surface area contributed by atoms with Crippen molar-refractivity contribution in [3.8, 4) is 0 Å². The zero-order valence-corrected chi connectivity index (χ0v) is 9.43. The molecule has 0 radical (unpaired) electrons. The first kappa shape index (κ1) is 10.4. The van der Waals surface area contributed by atoms with E-state index in [2.05, 4.69) is 11.8 Å². The van der Waals surface area contributed by atoms with Gasteiger partial charge in [-0.25, -0.2) is 0 Å². The summed E-state index contributed by atoms with van der Waals surface area (Å²) in [4.78, 5) is 2.45. The van der Waals surface area contributed by atoms with E-state index in [0.29, 0.717) is 0 Å². The highest BCUT2D eigenvalue weighted by Crippen LogP contribution is 2.36. The second kappa shape index (κ2) is 4.63. The zero-order valence-electron chi connectivity index (χ0n) is 9.43. The quantitative estimate of drug-likeness (QED) is 0.687. The lowest BCUT2D eigenvalue weighted by Gasteiger charge is -2.30. The number of rotatable bonds is 4. The van der Waals surface area contributed by atoms with Gasteiger partial charge in [-0.15, -0.1) is 0 Å². The van der Waals surface area contributed by atoms with E-state index in [0.717, 1.165) is 6.73 Å². The lowest BCUT2D eigenvalue weighted by molar-refractivity contribution is -0.0874. The number of hydrogen-bond donors (Lipinski definition) is 0. The maximum Gasteiger partial charge on any atom is 0.0997 e. The Labute approximate surface area is 87.6 Å². The predicted octanol–water partition coefficient (Wildman–Crippen LogP) is 2.78. The van der Waals surface area contributed by atoms with Crippen molar-refractivity contribution in [2.24, 2.45) is 0 Å². The number of nitrogens with zero attached hydrogens (tertiary/aromatic N) is 1. The molecule has 1 aliphatic carbocycles. The Hall–Kier alpha value is -0.0800. The molecule has 2 rings (SSSR count). The molecule has 0 aromatic carbocycles. The molecule has 1 heterocycles. The van der Waals surface area contributed by atoms with Crippen LogP contribution in [0.25, 0.3) is 0 Å². The third-order valence-corrected chi connectivity index (χ3v) is 3.91. The minimum absolute atomic E-state index is 0.253. The van der Waals surface area contributed by atoms with Gasteiger partial charge in [-0.3, -0.25) is 4.90 Å². The second-order valence-electron chi connectivity index (χ2n) is 4.84. The Bertz CT molecular complexity index is 169. The molecule has 2 aliphatic rings. The van der Waals surface area contributed by atoms with Crippen LogP contribution in [0.2, 0.25) is 0 Å². The van der Waals surface area contributed by atoms with Gasteiger partial charge in [-0.1, -0.05) is 19.8 Å². The number of hydrogen-bond acceptors (Lipinski definition) is 2. The summed E-state index contributed by atoms with van der Waals surface area (Å²) in [5.41, 5.74) is 0.253. The molecule has 0 aromatic rings. The van der Waals surface area contributed by atoms with Crippen molar-refractivity contribution in [3.63, 3.8) is 0 Å². The highest BCUT2D eigenvalue weighted by Gasteiger charge is 2.33. The number of ether oxygens (including phenoxy) is 1. The average molecular weight is 197 g/mol. The van der Waals surface area contributed by atoms with Crippen molar-refractivity contribution in [1.82, 2.24) is 4.90 Å². The highest BCUT2D eigenvalue weighted by molar-refractivity contribution is 4.85. The molecule has 82 valence electrons. The van der Waals surface area contributed by atoms with Crippen LogP contribution < -0.4 is 0 Å². The molecule has 14 heavy (non-hydrogen) atoms. The Kier molecular flexibility index (Phi) is 3.45. The molecular formula is C12H23NO. The standard InChI is InChI=1S/C12H23NO/c1-2-12(7-3-4-8-12)14-11-13-9-5-6-10-13/h2-11H2,1H3. The summed E-state index contributed by atoms with van der Waals surface area (Å²) in [7, 11) is 0. The van der Waals surface area contributed by atoms with Crippen LogP contribution >= 0.6 is 0 Å². The molecule has 0 unspecified atom stereocenters. The Morgan fingerprint density at radius 1 is 1.07 bits per heavy atom. The van der Waals surface area contributed by atoms with Crippen LogP contribution in [0.3, 0.4) is 0 Å². The first-order chi connectivity index (χ1) is 6.85. The molecule has 0 aromatic heterocycles. The largest absolute Gasteiger partial charge is 0.360 e. The maximum atomic E-state index is 6.15. The van der Waals surface area contributed by atoms with E-state index in [1.165, 1.54) is 58.0 Å². The van der Waals surface area contributed by atoms with Crippen LogP contribution in [0, 0.1) is 0 Å². The van der Waals surface area contributed by atoms with Gasteiger partial charge < -0.3 is 4.74 Å². The van der Waals surface area contributed by atoms with Gasteiger partial charge in [0, 0.05) is 13.1 Å². The molecule has 0 spiro atoms. The lowest BCUT2D eigenvalue weighted by Crippen LogP contribution is -2.34. The summed E-state index contributed by atoms with van der Waals surface area (Å²) in [6.45, 7) is 5.66. The van der Waals surface area contributed by atoms with Crippen LogP contribution in [-0.4, -0.2) is 30.3 Å². The molecule has 2 fully saturated rings. The Balaban J connectivity index is 1.76. The summed E-state index contributed by atoms with van der Waals surface area (Å²) in [6, 6.07) is 0. The SMILES string of the molecule is CCC1(OCN2CCCC2)CCCC1. The molecule has 0 N–H and O–H groups in total. The van der Waals surface area contributed by atoms with E-state index in [4.69, 9.17) is 4.74 Å². The van der Waals surface area contributed by atoms with Gasteiger partial charge in [0.15, 0.2) is 0 Å². The molecule has 0 amide bonds. The molecule has 0 bridgehead atoms. The molecule has 1 aliphatic heterocycles. The van der Waals surface area contributed by atoms with Crippen LogP contribution in [0.5, 0.6) is 0 Å². The molecule has 1 saturated carbocycles. The van der Waals surface area contributed by atoms with Gasteiger partial charge in [0.05, 0.1) is 12.3 Å². The normalized spacial score (nSPS) is 27.2. The lowest BCUT2D eigenvalue weighted by atomic mass is 9.99. The van der Waals surface area contributed by atoms with Crippen molar-refractivity contribution < 1.29 is 4.74 Å². The summed E-state index contributed by atoms with van der Waals surface area (Å²) in [5, 5.41) is 0. The van der Waals surface area contributed by atoms with Crippen molar-refractivity contribution >= 4 is 0 Å². The summed E-state index contributed by atoms with van der Waals surface area (Å²) < 4.78 is 6.15. The van der Waals surface area contributed by atoms with Gasteiger partial charge in [-0.2, -0.15) is 0 Å². The second-order valence-corrected chi connectivity index (χ2v) is 4.84. The van der Waals surface area contributed by atoms with Crippen LogP contribution in [-0.2, 0) is 4.74 Å². The molecular weight excluding hydrogens is 174 g/mol. The highest BCUT2D eigenvalue weighted by atomic mass is 16.5. The van der Waals surface area contributed by atoms with Gasteiger partial charge >= 0.3 is 0 Å². The molecule has 2 heteroatoms. The van der Waals surface area contributed by atoms with Crippen LogP contribution in [0.15, 0.2) is 0 Å². The summed E-state index contributed by atoms with van der Waals surface area (Å²) >= 11 is 0. The summed E-state index contributed by atoms with van der Waals surface area (Å²) in [5.74, 6) is 0. The van der Waals surface area contributed by atoms with Crippen molar-refractivity contribution in [2.75, 3.05) is 19.8 Å². The van der Waals surface area contributed by atoms with Gasteiger partial charge in [-0.05, 0) is 32.1 Å². The fraction of sp³-hybridized carbons (Fsp3) is 1.00. The smallest absolute Gasteiger partial charge is 0.0997 e. The number of likely N-dealkylation sites (tertiary alicyclic amines) is 1. The third kappa shape index (κ3) is 2.29. The van der Waals surface area contributed by atoms with E-state index < -0.39 is 0 Å². The maximum absolute atomic E-state index is 6.15. The molecule has 1 saturated heterocycles. The minimum atomic E-state index is 0.253. The first-order valence-corrected chi connectivity index (χ1v) is 6.21. The molecule has 0 atom stereocenters. The van der Waals surface area contributed by atoms with Crippen LogP contribution in [0.1, 0.15) is 51.9 Å². The van der Waals surface area contributed by atoms with Crippen molar-refractivity contribution in [1.29, 1.82) is 0 Å². The van der Waals surface area contributed by atoms with E-state index in [9.17, 15) is 0 Å². The predicted molar refractivity (Wildman–Crippen MR) is 58.2 cm³/mol. The van der Waals surface area contributed by atoms with Crippen LogP contribution in [0.4, 0.5) is 0 Å². The zero-order chi connectivity index (χ0) is 9.86. The Morgan fingerprint density at radius 2 is 1.71 bits per heavy atom. The van der Waals surface area contributed by atoms with Gasteiger partial charge in [0.25, 0.3) is 0 Å². The average Bonchev–Trinajstić information content (AvgIpc) is 2.87. The minimum Gasteiger partial charge on any atom is -0.360 e. The van der Waals surface area contributed by atoms with Crippen molar-refractivity contribution in [3.05, 3.63) is 0 Å². The monoisotopic (exact) mass is 197 g/mol. The van der Waals surface area contributed by atoms with Gasteiger partial charge in [0.2, 0.25) is 0 Å².